The molecule has 42 heavy (non-hydrogen) atoms. The zero-order chi connectivity index (χ0) is 29.1. The average molecular weight is 594 g/mol. The van der Waals surface area contributed by atoms with E-state index >= 15 is 0 Å². The van der Waals surface area contributed by atoms with Crippen LogP contribution in [0.5, 0.6) is 0 Å². The monoisotopic (exact) mass is 593 g/mol. The zero-order valence-electron chi connectivity index (χ0n) is 23.4. The van der Waals surface area contributed by atoms with Gasteiger partial charge in [0.1, 0.15) is 30.1 Å². The smallest absolute Gasteiger partial charge is 0.277 e. The number of nitrogens with one attached hydrogen (secondary N) is 2. The van der Waals surface area contributed by atoms with Gasteiger partial charge in [-0.1, -0.05) is 36.4 Å². The summed E-state index contributed by atoms with van der Waals surface area (Å²) in [6.45, 7) is 8.04. The minimum Gasteiger partial charge on any atom is -0.353 e. The third-order valence-corrected chi connectivity index (χ3v) is 8.96. The van der Waals surface area contributed by atoms with Crippen molar-refractivity contribution in [1.29, 1.82) is 0 Å². The summed E-state index contributed by atoms with van der Waals surface area (Å²) in [5.74, 6) is 0.937. The Morgan fingerprint density at radius 2 is 1.02 bits per heavy atom. The maximum Gasteiger partial charge on any atom is 0.277 e. The third-order valence-electron chi connectivity index (χ3n) is 6.81. The van der Waals surface area contributed by atoms with Crippen molar-refractivity contribution in [2.75, 3.05) is 10.6 Å². The van der Waals surface area contributed by atoms with Crippen molar-refractivity contribution in [2.45, 2.75) is 39.8 Å². The minimum atomic E-state index is -0.155. The van der Waals surface area contributed by atoms with E-state index in [-0.39, 0.29) is 23.2 Å². The molecule has 7 rings (SSSR count). The molecule has 0 spiro atoms. The molecule has 7 aromatic rings. The molecule has 0 aliphatic carbocycles. The van der Waals surface area contributed by atoms with E-state index in [4.69, 9.17) is 15.0 Å². The molecule has 0 bridgehead atoms. The van der Waals surface area contributed by atoms with Crippen LogP contribution in [0.15, 0.2) is 76.3 Å². The molecule has 9 nitrogen and oxygen atoms in total. The Morgan fingerprint density at radius 1 is 0.619 bits per heavy atom. The lowest BCUT2D eigenvalue weighted by molar-refractivity contribution is 0.846. The molecule has 0 unspecified atom stereocenters. The first-order chi connectivity index (χ1) is 20.3. The van der Waals surface area contributed by atoms with Gasteiger partial charge in [-0.15, -0.1) is 22.7 Å². The van der Waals surface area contributed by atoms with E-state index in [9.17, 15) is 9.59 Å². The van der Waals surface area contributed by atoms with Crippen LogP contribution >= 0.6 is 22.7 Å². The summed E-state index contributed by atoms with van der Waals surface area (Å²) in [7, 11) is 0. The Kier molecular flexibility index (Phi) is 6.28. The van der Waals surface area contributed by atoms with Gasteiger partial charge in [-0.25, -0.2) is 24.1 Å². The molecule has 0 atom stereocenters. The van der Waals surface area contributed by atoms with Gasteiger partial charge in [0.2, 0.25) is 11.9 Å². The van der Waals surface area contributed by atoms with Crippen molar-refractivity contribution in [3.63, 3.8) is 0 Å². The Labute approximate surface area is 248 Å². The second-order valence-corrected chi connectivity index (χ2v) is 12.7. The molecule has 0 saturated heterocycles. The van der Waals surface area contributed by atoms with Crippen LogP contribution in [0.1, 0.15) is 27.7 Å². The van der Waals surface area contributed by atoms with E-state index < -0.39 is 0 Å². The normalized spacial score (nSPS) is 12.0. The number of hydrogen-bond acceptors (Lipinski definition) is 9. The van der Waals surface area contributed by atoms with Crippen LogP contribution in [0.3, 0.4) is 0 Å². The van der Waals surface area contributed by atoms with E-state index in [0.29, 0.717) is 42.0 Å². The van der Waals surface area contributed by atoms with E-state index in [1.165, 1.54) is 22.7 Å². The molecule has 210 valence electrons. The first-order valence-electron chi connectivity index (χ1n) is 13.7. The Bertz CT molecular complexity index is 2090. The molecule has 11 heteroatoms. The largest absolute Gasteiger partial charge is 0.353 e. The second-order valence-electron chi connectivity index (χ2n) is 10.7. The van der Waals surface area contributed by atoms with E-state index in [2.05, 4.69) is 10.6 Å². The molecule has 0 aliphatic heterocycles. The first kappa shape index (κ1) is 26.3. The fraction of sp³-hybridized carbons (Fsp3) is 0.194. The molecule has 2 N–H and O–H groups in total. The minimum absolute atomic E-state index is 0.0581. The Balaban J connectivity index is 1.52. The average Bonchev–Trinajstić information content (AvgIpc) is 3.50. The van der Waals surface area contributed by atoms with Crippen molar-refractivity contribution < 1.29 is 0 Å². The predicted molar refractivity (Wildman–Crippen MR) is 174 cm³/mol. The predicted octanol–water partition coefficient (Wildman–Crippen LogP) is 6.55. The number of nitrogens with zero attached hydrogens (tertiary/aromatic N) is 5. The van der Waals surface area contributed by atoms with Crippen LogP contribution in [0.25, 0.3) is 52.2 Å². The number of hydrogen-bond donors (Lipinski definition) is 2. The van der Waals surface area contributed by atoms with Gasteiger partial charge in [-0.05, 0) is 58.0 Å². The Hall–Kier alpha value is -4.61. The number of pyridine rings is 1. The molecule has 0 amide bonds. The van der Waals surface area contributed by atoms with E-state index in [0.717, 1.165) is 22.1 Å². The number of benzene rings is 2. The fourth-order valence-corrected chi connectivity index (χ4v) is 7.18. The SMILES string of the molecule is CC(C)Nc1nc2c(sc3nc4sc5c(=O)n(-c6ccccc6)c(NC(C)C)nc5c4cc32)c(=O)n1-c1ccccc1. The van der Waals surface area contributed by atoms with Crippen LogP contribution < -0.4 is 21.8 Å². The highest BCUT2D eigenvalue weighted by atomic mass is 32.1. The summed E-state index contributed by atoms with van der Waals surface area (Å²) in [6, 6.07) is 21.1. The van der Waals surface area contributed by atoms with Gasteiger partial charge in [0.25, 0.3) is 11.1 Å². The highest BCUT2D eigenvalue weighted by Crippen LogP contribution is 2.38. The van der Waals surface area contributed by atoms with E-state index in [1.807, 2.05) is 94.4 Å². The standard InChI is InChI=1S/C31H27N7O2S2/c1-16(2)32-30-34-22-20-15-21-23-25(29(40)38(19-13-9-6-10-14-19)31(35-23)33-17(3)4)42-27(21)36-26(20)41-24(22)28(39)37(30)18-11-7-5-8-12-18/h5-17H,1-4H3,(H,32,34)(H,33,35). The molecule has 2 aromatic carbocycles. The summed E-state index contributed by atoms with van der Waals surface area (Å²) >= 11 is 2.64. The third kappa shape index (κ3) is 4.24. The maximum absolute atomic E-state index is 13.9. The van der Waals surface area contributed by atoms with Gasteiger partial charge < -0.3 is 10.6 Å². The highest BCUT2D eigenvalue weighted by molar-refractivity contribution is 7.27. The molecule has 5 heterocycles. The summed E-state index contributed by atoms with van der Waals surface area (Å²) in [5, 5.41) is 8.22. The van der Waals surface area contributed by atoms with Gasteiger partial charge in [0.05, 0.1) is 11.4 Å². The topological polar surface area (TPSA) is 107 Å². The number of fused-ring (bicyclic) bond motifs is 6. The number of para-hydroxylation sites is 2. The molecule has 5 aromatic heterocycles. The lowest BCUT2D eigenvalue weighted by Gasteiger charge is -2.16. The molecule has 0 fully saturated rings. The number of aromatic nitrogens is 5. The van der Waals surface area contributed by atoms with Gasteiger partial charge in [0.15, 0.2) is 0 Å². The van der Waals surface area contributed by atoms with Crippen LogP contribution in [0.2, 0.25) is 0 Å². The van der Waals surface area contributed by atoms with Crippen molar-refractivity contribution >= 4 is 75.4 Å². The summed E-state index contributed by atoms with van der Waals surface area (Å²) in [6.07, 6.45) is 0. The van der Waals surface area contributed by atoms with Crippen molar-refractivity contribution in [3.8, 4) is 11.4 Å². The van der Waals surface area contributed by atoms with Crippen molar-refractivity contribution in [1.82, 2.24) is 24.1 Å². The number of anilines is 2. The summed E-state index contributed by atoms with van der Waals surface area (Å²) in [5.41, 5.74) is 2.34. The molecule has 0 saturated carbocycles. The molecule has 0 aliphatic rings. The van der Waals surface area contributed by atoms with Crippen molar-refractivity contribution in [2.24, 2.45) is 0 Å². The molecule has 0 radical (unpaired) electrons. The fourth-order valence-electron chi connectivity index (χ4n) is 5.07. The van der Waals surface area contributed by atoms with Crippen LogP contribution in [0.4, 0.5) is 11.9 Å². The number of thiophene rings is 2. The van der Waals surface area contributed by atoms with Gasteiger partial charge in [-0.3, -0.25) is 9.59 Å². The van der Waals surface area contributed by atoms with Crippen LogP contribution in [-0.2, 0) is 0 Å². The summed E-state index contributed by atoms with van der Waals surface area (Å²) < 4.78 is 4.29. The second kappa shape index (κ2) is 10.0. The first-order valence-corrected chi connectivity index (χ1v) is 15.3. The van der Waals surface area contributed by atoms with Crippen LogP contribution in [0, 0.1) is 0 Å². The zero-order valence-corrected chi connectivity index (χ0v) is 25.0. The van der Waals surface area contributed by atoms with Crippen LogP contribution in [-0.4, -0.2) is 36.2 Å². The maximum atomic E-state index is 13.9. The number of rotatable bonds is 6. The van der Waals surface area contributed by atoms with Crippen molar-refractivity contribution in [3.05, 3.63) is 87.4 Å². The van der Waals surface area contributed by atoms with Gasteiger partial charge in [-0.2, -0.15) is 0 Å². The Morgan fingerprint density at radius 3 is 1.40 bits per heavy atom. The van der Waals surface area contributed by atoms with Gasteiger partial charge >= 0.3 is 0 Å². The lowest BCUT2D eigenvalue weighted by atomic mass is 10.2. The van der Waals surface area contributed by atoms with E-state index in [1.54, 1.807) is 9.13 Å². The highest BCUT2D eigenvalue weighted by Gasteiger charge is 2.22. The quantitative estimate of drug-likeness (QED) is 0.225. The lowest BCUT2D eigenvalue weighted by Crippen LogP contribution is -2.25. The molecular formula is C31H27N7O2S2. The molecular weight excluding hydrogens is 567 g/mol. The summed E-state index contributed by atoms with van der Waals surface area (Å²) in [4.78, 5) is 44.1. The van der Waals surface area contributed by atoms with Gasteiger partial charge in [0, 0.05) is 22.9 Å².